The van der Waals surface area contributed by atoms with Gasteiger partial charge in [0, 0.05) is 28.6 Å². The van der Waals surface area contributed by atoms with Crippen molar-refractivity contribution >= 4 is 22.9 Å². The Hall–Kier alpha value is -1.10. The number of hydrogen-bond acceptors (Lipinski definition) is 4. The molecule has 0 saturated carbocycles. The summed E-state index contributed by atoms with van der Waals surface area (Å²) in [6.45, 7) is 4.76. The fraction of sp³-hybridized carbons (Fsp3) is 0.357. The standard InChI is InChI=1S/C14H17ClN2OS/c1-9(13-8-19-10(2)17-13)16-7-11-12(15)5-4-6-14(11)18-3/h4-6,8-9,16H,7H2,1-3H3. The minimum Gasteiger partial charge on any atom is -0.496 e. The van der Waals surface area contributed by atoms with Crippen LogP contribution in [0.15, 0.2) is 23.6 Å². The lowest BCUT2D eigenvalue weighted by Crippen LogP contribution is -2.19. The summed E-state index contributed by atoms with van der Waals surface area (Å²) < 4.78 is 5.33. The Morgan fingerprint density at radius 2 is 2.26 bits per heavy atom. The molecule has 0 amide bonds. The zero-order valence-electron chi connectivity index (χ0n) is 11.2. The summed E-state index contributed by atoms with van der Waals surface area (Å²) >= 11 is 7.87. The number of aryl methyl sites for hydroxylation is 1. The number of aromatic nitrogens is 1. The molecule has 2 aromatic rings. The lowest BCUT2D eigenvalue weighted by atomic mass is 10.1. The van der Waals surface area contributed by atoms with Gasteiger partial charge in [-0.3, -0.25) is 0 Å². The lowest BCUT2D eigenvalue weighted by Gasteiger charge is -2.15. The number of benzene rings is 1. The largest absolute Gasteiger partial charge is 0.496 e. The van der Waals surface area contributed by atoms with Gasteiger partial charge < -0.3 is 10.1 Å². The average Bonchev–Trinajstić information content (AvgIpc) is 2.83. The molecule has 19 heavy (non-hydrogen) atoms. The maximum absolute atomic E-state index is 6.21. The normalized spacial score (nSPS) is 12.4. The van der Waals surface area contributed by atoms with Gasteiger partial charge in [0.1, 0.15) is 5.75 Å². The number of thiazole rings is 1. The second-order valence-electron chi connectivity index (χ2n) is 4.31. The molecule has 0 radical (unpaired) electrons. The fourth-order valence-electron chi connectivity index (χ4n) is 1.84. The van der Waals surface area contributed by atoms with Crippen molar-refractivity contribution in [2.24, 2.45) is 0 Å². The molecule has 1 unspecified atom stereocenters. The van der Waals surface area contributed by atoms with Gasteiger partial charge in [-0.15, -0.1) is 11.3 Å². The van der Waals surface area contributed by atoms with E-state index in [1.807, 2.05) is 25.1 Å². The molecule has 0 fully saturated rings. The molecule has 1 atom stereocenters. The second-order valence-corrected chi connectivity index (χ2v) is 5.78. The Morgan fingerprint density at radius 1 is 1.47 bits per heavy atom. The van der Waals surface area contributed by atoms with Gasteiger partial charge in [-0.25, -0.2) is 4.98 Å². The van der Waals surface area contributed by atoms with Crippen LogP contribution < -0.4 is 10.1 Å². The van der Waals surface area contributed by atoms with E-state index >= 15 is 0 Å². The summed E-state index contributed by atoms with van der Waals surface area (Å²) in [6, 6.07) is 5.86. The SMILES string of the molecule is COc1cccc(Cl)c1CNC(C)c1csc(C)n1. The van der Waals surface area contributed by atoms with Gasteiger partial charge in [-0.1, -0.05) is 17.7 Å². The highest BCUT2D eigenvalue weighted by atomic mass is 35.5. The highest BCUT2D eigenvalue weighted by molar-refractivity contribution is 7.09. The van der Waals surface area contributed by atoms with E-state index in [1.165, 1.54) is 0 Å². The van der Waals surface area contributed by atoms with Crippen molar-refractivity contribution in [2.45, 2.75) is 26.4 Å². The maximum atomic E-state index is 6.21. The third kappa shape index (κ3) is 3.47. The third-order valence-corrected chi connectivity index (χ3v) is 4.11. The second kappa shape index (κ2) is 6.37. The van der Waals surface area contributed by atoms with Crippen molar-refractivity contribution in [2.75, 3.05) is 7.11 Å². The highest BCUT2D eigenvalue weighted by Crippen LogP contribution is 2.27. The van der Waals surface area contributed by atoms with Crippen LogP contribution in [0.2, 0.25) is 5.02 Å². The van der Waals surface area contributed by atoms with Crippen molar-refractivity contribution in [3.63, 3.8) is 0 Å². The zero-order chi connectivity index (χ0) is 13.8. The van der Waals surface area contributed by atoms with Crippen molar-refractivity contribution in [3.8, 4) is 5.75 Å². The van der Waals surface area contributed by atoms with Gasteiger partial charge in [0.15, 0.2) is 0 Å². The van der Waals surface area contributed by atoms with Crippen LogP contribution in [0, 0.1) is 6.92 Å². The summed E-state index contributed by atoms with van der Waals surface area (Å²) in [6.07, 6.45) is 0. The van der Waals surface area contributed by atoms with E-state index in [2.05, 4.69) is 22.6 Å². The molecule has 0 aliphatic heterocycles. The average molecular weight is 297 g/mol. The maximum Gasteiger partial charge on any atom is 0.124 e. The molecule has 1 aromatic carbocycles. The quantitative estimate of drug-likeness (QED) is 0.907. The number of rotatable bonds is 5. The summed E-state index contributed by atoms with van der Waals surface area (Å²) in [7, 11) is 1.66. The van der Waals surface area contributed by atoms with E-state index in [9.17, 15) is 0 Å². The van der Waals surface area contributed by atoms with Crippen LogP contribution in [0.5, 0.6) is 5.75 Å². The van der Waals surface area contributed by atoms with E-state index < -0.39 is 0 Å². The van der Waals surface area contributed by atoms with Gasteiger partial charge in [0.25, 0.3) is 0 Å². The van der Waals surface area contributed by atoms with Gasteiger partial charge in [0.2, 0.25) is 0 Å². The van der Waals surface area contributed by atoms with Crippen molar-refractivity contribution in [3.05, 3.63) is 44.9 Å². The van der Waals surface area contributed by atoms with Crippen LogP contribution in [-0.2, 0) is 6.54 Å². The Morgan fingerprint density at radius 3 is 2.89 bits per heavy atom. The van der Waals surface area contributed by atoms with Crippen LogP contribution in [0.25, 0.3) is 0 Å². The molecule has 0 spiro atoms. The summed E-state index contributed by atoms with van der Waals surface area (Å²) in [5.41, 5.74) is 2.04. The molecular formula is C14H17ClN2OS. The topological polar surface area (TPSA) is 34.1 Å². The number of hydrogen-bond donors (Lipinski definition) is 1. The van der Waals surface area contributed by atoms with Crippen LogP contribution >= 0.6 is 22.9 Å². The van der Waals surface area contributed by atoms with Crippen molar-refractivity contribution in [1.82, 2.24) is 10.3 Å². The number of nitrogens with one attached hydrogen (secondary N) is 1. The van der Waals surface area contributed by atoms with Crippen LogP contribution in [-0.4, -0.2) is 12.1 Å². The van der Waals surface area contributed by atoms with Gasteiger partial charge >= 0.3 is 0 Å². The van der Waals surface area contributed by atoms with E-state index in [0.29, 0.717) is 11.6 Å². The van der Waals surface area contributed by atoms with E-state index in [4.69, 9.17) is 16.3 Å². The van der Waals surface area contributed by atoms with Crippen LogP contribution in [0.3, 0.4) is 0 Å². The number of methoxy groups -OCH3 is 1. The molecule has 1 heterocycles. The Bertz CT molecular complexity index is 556. The molecule has 0 aliphatic rings. The fourth-order valence-corrected chi connectivity index (χ4v) is 2.78. The summed E-state index contributed by atoms with van der Waals surface area (Å²) in [5, 5.41) is 7.30. The van der Waals surface area contributed by atoms with Gasteiger partial charge in [0.05, 0.1) is 17.8 Å². The number of ether oxygens (including phenoxy) is 1. The summed E-state index contributed by atoms with van der Waals surface area (Å²) in [5.74, 6) is 0.807. The Balaban J connectivity index is 2.06. The first-order chi connectivity index (χ1) is 9.11. The predicted octanol–water partition coefficient (Wildman–Crippen LogP) is 3.96. The number of halogens is 1. The highest BCUT2D eigenvalue weighted by Gasteiger charge is 2.12. The minimum atomic E-state index is 0.186. The lowest BCUT2D eigenvalue weighted by molar-refractivity contribution is 0.406. The Kier molecular flexibility index (Phi) is 4.80. The molecule has 0 aliphatic carbocycles. The number of nitrogens with zero attached hydrogens (tertiary/aromatic N) is 1. The van der Waals surface area contributed by atoms with E-state index in [1.54, 1.807) is 18.4 Å². The molecule has 2 rings (SSSR count). The zero-order valence-corrected chi connectivity index (χ0v) is 12.8. The molecular weight excluding hydrogens is 280 g/mol. The minimum absolute atomic E-state index is 0.186. The molecule has 1 aromatic heterocycles. The molecule has 3 nitrogen and oxygen atoms in total. The van der Waals surface area contributed by atoms with E-state index in [0.717, 1.165) is 22.0 Å². The monoisotopic (exact) mass is 296 g/mol. The first-order valence-corrected chi connectivity index (χ1v) is 7.34. The molecule has 1 N–H and O–H groups in total. The van der Waals surface area contributed by atoms with Crippen molar-refractivity contribution < 1.29 is 4.74 Å². The smallest absolute Gasteiger partial charge is 0.124 e. The van der Waals surface area contributed by atoms with Crippen LogP contribution in [0.4, 0.5) is 0 Å². The molecule has 0 bridgehead atoms. The predicted molar refractivity (Wildman–Crippen MR) is 80.1 cm³/mol. The van der Waals surface area contributed by atoms with Crippen molar-refractivity contribution in [1.29, 1.82) is 0 Å². The van der Waals surface area contributed by atoms with E-state index in [-0.39, 0.29) is 6.04 Å². The molecule has 5 heteroatoms. The first-order valence-electron chi connectivity index (χ1n) is 6.08. The van der Waals surface area contributed by atoms with Crippen LogP contribution in [0.1, 0.15) is 29.2 Å². The summed E-state index contributed by atoms with van der Waals surface area (Å²) in [4.78, 5) is 4.48. The molecule has 102 valence electrons. The third-order valence-electron chi connectivity index (χ3n) is 2.96. The first kappa shape index (κ1) is 14.3. The molecule has 0 saturated heterocycles. The van der Waals surface area contributed by atoms with Gasteiger partial charge in [-0.2, -0.15) is 0 Å². The van der Waals surface area contributed by atoms with Gasteiger partial charge in [-0.05, 0) is 26.0 Å². The Labute approximate surface area is 122 Å².